The smallest absolute Gasteiger partial charge is 0.307 e. The maximum absolute atomic E-state index is 10.6. The molecule has 0 bridgehead atoms. The van der Waals surface area contributed by atoms with Crippen molar-refractivity contribution >= 4 is 17.3 Å². The molecule has 0 spiro atoms. The molecule has 0 fully saturated rings. The second-order valence-electron chi connectivity index (χ2n) is 4.71. The Morgan fingerprint density at radius 1 is 1.15 bits per heavy atom. The fourth-order valence-corrected chi connectivity index (χ4v) is 3.05. The third kappa shape index (κ3) is 4.18. The van der Waals surface area contributed by atoms with E-state index in [1.165, 1.54) is 16.0 Å². The third-order valence-corrected chi connectivity index (χ3v) is 4.17. The van der Waals surface area contributed by atoms with E-state index >= 15 is 0 Å². The summed E-state index contributed by atoms with van der Waals surface area (Å²) in [6.07, 6.45) is 1.16. The Bertz CT molecular complexity index is 560. The molecular weight excluding hydrogens is 270 g/mol. The lowest BCUT2D eigenvalue weighted by Crippen LogP contribution is -2.12. The summed E-state index contributed by atoms with van der Waals surface area (Å²) in [5.41, 5.74) is 3.43. The lowest BCUT2D eigenvalue weighted by molar-refractivity contribution is -0.136. The minimum absolute atomic E-state index is 0.0861. The fraction of sp³-hybridized carbons (Fsp3) is 0.312. The maximum atomic E-state index is 10.6. The van der Waals surface area contributed by atoms with Gasteiger partial charge in [0, 0.05) is 18.0 Å². The van der Waals surface area contributed by atoms with Crippen LogP contribution in [-0.4, -0.2) is 11.1 Å². The molecule has 0 aliphatic rings. The van der Waals surface area contributed by atoms with Gasteiger partial charge in [0.2, 0.25) is 0 Å². The van der Waals surface area contributed by atoms with E-state index in [4.69, 9.17) is 5.11 Å². The fourth-order valence-electron chi connectivity index (χ4n) is 2.11. The summed E-state index contributed by atoms with van der Waals surface area (Å²) in [7, 11) is 0. The molecular formula is C16H19NO2S. The molecule has 0 unspecified atom stereocenters. The number of nitrogens with one attached hydrogen (secondary N) is 1. The van der Waals surface area contributed by atoms with Crippen molar-refractivity contribution < 1.29 is 9.90 Å². The molecule has 0 saturated carbocycles. The number of thiophene rings is 1. The Labute approximate surface area is 123 Å². The SMILES string of the molecule is CCc1ccsc1CNCc1ccc(CC(=O)O)cc1. The largest absolute Gasteiger partial charge is 0.481 e. The molecule has 2 rings (SSSR count). The monoisotopic (exact) mass is 289 g/mol. The van der Waals surface area contributed by atoms with Gasteiger partial charge in [0.05, 0.1) is 6.42 Å². The number of hydrogen-bond donors (Lipinski definition) is 2. The highest BCUT2D eigenvalue weighted by atomic mass is 32.1. The van der Waals surface area contributed by atoms with E-state index in [0.717, 1.165) is 25.1 Å². The van der Waals surface area contributed by atoms with Crippen molar-refractivity contribution in [3.63, 3.8) is 0 Å². The normalized spacial score (nSPS) is 10.7. The number of carboxylic acids is 1. The molecule has 3 nitrogen and oxygen atoms in total. The van der Waals surface area contributed by atoms with Crippen LogP contribution in [0.1, 0.15) is 28.5 Å². The zero-order valence-corrected chi connectivity index (χ0v) is 12.4. The predicted octanol–water partition coefficient (Wildman–Crippen LogP) is 3.23. The summed E-state index contributed by atoms with van der Waals surface area (Å²) in [6.45, 7) is 3.86. The van der Waals surface area contributed by atoms with Crippen LogP contribution in [0.5, 0.6) is 0 Å². The molecule has 2 aromatic rings. The molecule has 1 heterocycles. The molecule has 0 aliphatic heterocycles. The topological polar surface area (TPSA) is 49.3 Å². The summed E-state index contributed by atoms with van der Waals surface area (Å²) < 4.78 is 0. The molecule has 0 aliphatic carbocycles. The average Bonchev–Trinajstić information content (AvgIpc) is 2.87. The molecule has 1 aromatic carbocycles. The van der Waals surface area contributed by atoms with Crippen molar-refractivity contribution in [3.05, 3.63) is 57.3 Å². The van der Waals surface area contributed by atoms with Crippen LogP contribution in [0.15, 0.2) is 35.7 Å². The van der Waals surface area contributed by atoms with Crippen LogP contribution in [0.3, 0.4) is 0 Å². The van der Waals surface area contributed by atoms with Crippen LogP contribution < -0.4 is 5.32 Å². The second-order valence-corrected chi connectivity index (χ2v) is 5.71. The van der Waals surface area contributed by atoms with Crippen molar-refractivity contribution in [1.82, 2.24) is 5.32 Å². The van der Waals surface area contributed by atoms with Crippen LogP contribution in [0.4, 0.5) is 0 Å². The summed E-state index contributed by atoms with van der Waals surface area (Å²) in [5.74, 6) is -0.791. The predicted molar refractivity (Wildman–Crippen MR) is 82.0 cm³/mol. The van der Waals surface area contributed by atoms with Gasteiger partial charge in [0.25, 0.3) is 0 Å². The highest BCUT2D eigenvalue weighted by molar-refractivity contribution is 7.10. The molecule has 0 atom stereocenters. The van der Waals surface area contributed by atoms with Gasteiger partial charge in [-0.05, 0) is 34.6 Å². The molecule has 20 heavy (non-hydrogen) atoms. The maximum Gasteiger partial charge on any atom is 0.307 e. The standard InChI is InChI=1S/C16H19NO2S/c1-2-14-7-8-20-15(14)11-17-10-13-5-3-12(4-6-13)9-16(18)19/h3-8,17H,2,9-11H2,1H3,(H,18,19). The van der Waals surface area contributed by atoms with E-state index in [1.807, 2.05) is 24.3 Å². The number of benzene rings is 1. The third-order valence-electron chi connectivity index (χ3n) is 3.21. The zero-order chi connectivity index (χ0) is 14.4. The molecule has 0 radical (unpaired) electrons. The van der Waals surface area contributed by atoms with Crippen molar-refractivity contribution in [1.29, 1.82) is 0 Å². The van der Waals surface area contributed by atoms with Crippen molar-refractivity contribution in [2.75, 3.05) is 0 Å². The first-order chi connectivity index (χ1) is 9.69. The second kappa shape index (κ2) is 7.22. The molecule has 4 heteroatoms. The van der Waals surface area contributed by atoms with E-state index < -0.39 is 5.97 Å². The number of aliphatic carboxylic acids is 1. The summed E-state index contributed by atoms with van der Waals surface area (Å²) >= 11 is 1.79. The minimum Gasteiger partial charge on any atom is -0.481 e. The van der Waals surface area contributed by atoms with Gasteiger partial charge < -0.3 is 10.4 Å². The van der Waals surface area contributed by atoms with E-state index in [1.54, 1.807) is 11.3 Å². The van der Waals surface area contributed by atoms with E-state index in [9.17, 15) is 4.79 Å². The van der Waals surface area contributed by atoms with Crippen LogP contribution in [0.2, 0.25) is 0 Å². The first kappa shape index (κ1) is 14.8. The van der Waals surface area contributed by atoms with Crippen LogP contribution >= 0.6 is 11.3 Å². The Morgan fingerprint density at radius 3 is 2.50 bits per heavy atom. The lowest BCUT2D eigenvalue weighted by atomic mass is 10.1. The Hall–Kier alpha value is -1.65. The number of carbonyl (C=O) groups is 1. The number of rotatable bonds is 7. The highest BCUT2D eigenvalue weighted by Crippen LogP contribution is 2.17. The van der Waals surface area contributed by atoms with Crippen LogP contribution in [-0.2, 0) is 30.7 Å². The molecule has 1 aromatic heterocycles. The summed E-state index contributed by atoms with van der Waals surface area (Å²) in [5, 5.41) is 14.3. The van der Waals surface area contributed by atoms with E-state index in [-0.39, 0.29) is 6.42 Å². The number of carboxylic acid groups (broad SMARTS) is 1. The Balaban J connectivity index is 1.83. The number of hydrogen-bond acceptors (Lipinski definition) is 3. The lowest BCUT2D eigenvalue weighted by Gasteiger charge is -2.06. The van der Waals surface area contributed by atoms with Crippen molar-refractivity contribution in [3.8, 4) is 0 Å². The van der Waals surface area contributed by atoms with Gasteiger partial charge in [0.1, 0.15) is 0 Å². The van der Waals surface area contributed by atoms with Crippen molar-refractivity contribution in [2.45, 2.75) is 32.9 Å². The van der Waals surface area contributed by atoms with Gasteiger partial charge in [-0.2, -0.15) is 0 Å². The Morgan fingerprint density at radius 2 is 1.85 bits per heavy atom. The zero-order valence-electron chi connectivity index (χ0n) is 11.6. The minimum atomic E-state index is -0.791. The van der Waals surface area contributed by atoms with Crippen LogP contribution in [0.25, 0.3) is 0 Å². The van der Waals surface area contributed by atoms with Gasteiger partial charge in [-0.1, -0.05) is 31.2 Å². The van der Waals surface area contributed by atoms with Gasteiger partial charge in [0.15, 0.2) is 0 Å². The van der Waals surface area contributed by atoms with E-state index in [0.29, 0.717) is 0 Å². The van der Waals surface area contributed by atoms with Crippen LogP contribution in [0, 0.1) is 0 Å². The van der Waals surface area contributed by atoms with Gasteiger partial charge in [-0.15, -0.1) is 11.3 Å². The van der Waals surface area contributed by atoms with Gasteiger partial charge in [-0.3, -0.25) is 4.79 Å². The molecule has 2 N–H and O–H groups in total. The first-order valence-corrected chi connectivity index (χ1v) is 7.62. The van der Waals surface area contributed by atoms with Gasteiger partial charge >= 0.3 is 5.97 Å². The van der Waals surface area contributed by atoms with E-state index in [2.05, 4.69) is 23.7 Å². The van der Waals surface area contributed by atoms with Crippen molar-refractivity contribution in [2.24, 2.45) is 0 Å². The Kier molecular flexibility index (Phi) is 5.32. The molecule has 0 saturated heterocycles. The number of aryl methyl sites for hydroxylation is 1. The highest BCUT2D eigenvalue weighted by Gasteiger charge is 2.03. The first-order valence-electron chi connectivity index (χ1n) is 6.74. The average molecular weight is 289 g/mol. The van der Waals surface area contributed by atoms with Gasteiger partial charge in [-0.25, -0.2) is 0 Å². The quantitative estimate of drug-likeness (QED) is 0.823. The summed E-state index contributed by atoms with van der Waals surface area (Å²) in [6, 6.07) is 9.92. The molecule has 106 valence electrons. The molecule has 0 amide bonds. The summed E-state index contributed by atoms with van der Waals surface area (Å²) in [4.78, 5) is 12.0.